The van der Waals surface area contributed by atoms with Gasteiger partial charge in [-0.1, -0.05) is 0 Å². The van der Waals surface area contributed by atoms with Crippen LogP contribution in [-0.4, -0.2) is 33.1 Å². The number of anilines is 1. The molecule has 0 bridgehead atoms. The molecule has 0 saturated carbocycles. The van der Waals surface area contributed by atoms with Gasteiger partial charge in [0, 0.05) is 18.7 Å². The van der Waals surface area contributed by atoms with Crippen molar-refractivity contribution in [3.8, 4) is 0 Å². The number of aromatic nitrogens is 3. The van der Waals surface area contributed by atoms with Gasteiger partial charge in [-0.3, -0.25) is 9.59 Å². The van der Waals surface area contributed by atoms with Crippen LogP contribution >= 0.6 is 0 Å². The third-order valence-electron chi connectivity index (χ3n) is 3.95. The van der Waals surface area contributed by atoms with Gasteiger partial charge in [0.05, 0.1) is 12.5 Å². The Morgan fingerprint density at radius 2 is 2.25 bits per heavy atom. The average Bonchev–Trinajstić information content (AvgIpc) is 2.84. The van der Waals surface area contributed by atoms with Crippen LogP contribution in [0.1, 0.15) is 29.6 Å². The zero-order chi connectivity index (χ0) is 17.3. The number of halogens is 1. The highest BCUT2D eigenvalue weighted by Crippen LogP contribution is 2.32. The van der Waals surface area contributed by atoms with Crippen LogP contribution in [0, 0.1) is 19.7 Å². The molecule has 8 heteroatoms. The minimum absolute atomic E-state index is 0.00372. The average molecular weight is 331 g/mol. The first kappa shape index (κ1) is 16.1. The second-order valence-corrected chi connectivity index (χ2v) is 5.76. The summed E-state index contributed by atoms with van der Waals surface area (Å²) in [7, 11) is 0. The molecule has 3 rings (SSSR count). The summed E-state index contributed by atoms with van der Waals surface area (Å²) in [5.41, 5.74) is 0.982. The predicted molar refractivity (Wildman–Crippen MR) is 84.9 cm³/mol. The van der Waals surface area contributed by atoms with Crippen molar-refractivity contribution in [2.75, 3.05) is 11.9 Å². The molecule has 2 heterocycles. The maximum Gasteiger partial charge on any atom is 0.228 e. The molecule has 1 aromatic carbocycles. The molecule has 2 amide bonds. The number of nitrogens with one attached hydrogen (secondary N) is 2. The van der Waals surface area contributed by atoms with Crippen molar-refractivity contribution in [1.29, 1.82) is 0 Å². The summed E-state index contributed by atoms with van der Waals surface area (Å²) < 4.78 is 15.2. The number of benzene rings is 1. The van der Waals surface area contributed by atoms with Gasteiger partial charge in [0.2, 0.25) is 11.8 Å². The normalized spacial score (nSPS) is 16.5. The molecule has 126 valence electrons. The first-order chi connectivity index (χ1) is 11.4. The fourth-order valence-corrected chi connectivity index (χ4v) is 2.85. The molecule has 7 nitrogen and oxygen atoms in total. The monoisotopic (exact) mass is 331 g/mol. The van der Waals surface area contributed by atoms with E-state index in [1.807, 2.05) is 6.92 Å². The number of hydrogen-bond donors (Lipinski definition) is 2. The maximum atomic E-state index is 13.5. The van der Waals surface area contributed by atoms with Crippen molar-refractivity contribution in [2.24, 2.45) is 0 Å². The van der Waals surface area contributed by atoms with E-state index in [0.29, 0.717) is 30.2 Å². The summed E-state index contributed by atoms with van der Waals surface area (Å²) in [6.45, 7) is 4.47. The Hall–Kier alpha value is -2.77. The SMILES string of the molecule is Cc1nc(C)n(CCNC(=O)C2CC(=O)Nc3ccc(F)cc32)n1. The van der Waals surface area contributed by atoms with E-state index < -0.39 is 11.7 Å². The largest absolute Gasteiger partial charge is 0.354 e. The summed E-state index contributed by atoms with van der Waals surface area (Å²) in [4.78, 5) is 28.4. The van der Waals surface area contributed by atoms with Crippen molar-refractivity contribution in [3.63, 3.8) is 0 Å². The molecular weight excluding hydrogens is 313 g/mol. The third-order valence-corrected chi connectivity index (χ3v) is 3.95. The van der Waals surface area contributed by atoms with Crippen LogP contribution in [0.4, 0.5) is 10.1 Å². The number of carbonyl (C=O) groups excluding carboxylic acids is 2. The number of nitrogens with zero attached hydrogens (tertiary/aromatic N) is 3. The van der Waals surface area contributed by atoms with E-state index in [0.717, 1.165) is 5.82 Å². The topological polar surface area (TPSA) is 88.9 Å². The molecule has 0 saturated heterocycles. The number of rotatable bonds is 4. The Labute approximate surface area is 138 Å². The van der Waals surface area contributed by atoms with Gasteiger partial charge < -0.3 is 10.6 Å². The Kier molecular flexibility index (Phi) is 4.28. The molecule has 1 aromatic heterocycles. The summed E-state index contributed by atoms with van der Waals surface area (Å²) in [5.74, 6) is -0.235. The first-order valence-electron chi connectivity index (χ1n) is 7.69. The van der Waals surface area contributed by atoms with Crippen LogP contribution in [0.3, 0.4) is 0 Å². The molecule has 0 fully saturated rings. The summed E-state index contributed by atoms with van der Waals surface area (Å²) in [5, 5.41) is 9.66. The Balaban J connectivity index is 1.68. The van der Waals surface area contributed by atoms with E-state index in [-0.39, 0.29) is 18.2 Å². The molecule has 2 aromatic rings. The molecule has 1 atom stereocenters. The van der Waals surface area contributed by atoms with E-state index in [1.54, 1.807) is 11.6 Å². The highest BCUT2D eigenvalue weighted by atomic mass is 19.1. The Morgan fingerprint density at radius 1 is 1.46 bits per heavy atom. The van der Waals surface area contributed by atoms with Gasteiger partial charge in [-0.25, -0.2) is 14.1 Å². The third kappa shape index (κ3) is 3.27. The van der Waals surface area contributed by atoms with Gasteiger partial charge in [0.25, 0.3) is 0 Å². The van der Waals surface area contributed by atoms with Crippen LogP contribution in [0.2, 0.25) is 0 Å². The lowest BCUT2D eigenvalue weighted by Crippen LogP contribution is -2.36. The van der Waals surface area contributed by atoms with E-state index in [2.05, 4.69) is 20.7 Å². The molecule has 0 spiro atoms. The van der Waals surface area contributed by atoms with Crippen molar-refractivity contribution < 1.29 is 14.0 Å². The molecular formula is C16H18FN5O2. The zero-order valence-electron chi connectivity index (χ0n) is 13.5. The van der Waals surface area contributed by atoms with Crippen LogP contribution in [0.25, 0.3) is 0 Å². The predicted octanol–water partition coefficient (Wildman–Crippen LogP) is 1.28. The minimum atomic E-state index is -0.692. The fraction of sp³-hybridized carbons (Fsp3) is 0.375. The van der Waals surface area contributed by atoms with E-state index in [9.17, 15) is 14.0 Å². The van der Waals surface area contributed by atoms with Crippen molar-refractivity contribution >= 4 is 17.5 Å². The molecule has 24 heavy (non-hydrogen) atoms. The van der Waals surface area contributed by atoms with Gasteiger partial charge in [0.1, 0.15) is 17.5 Å². The number of carbonyl (C=O) groups is 2. The first-order valence-corrected chi connectivity index (χ1v) is 7.69. The van der Waals surface area contributed by atoms with Crippen molar-refractivity contribution in [1.82, 2.24) is 20.1 Å². The number of hydrogen-bond acceptors (Lipinski definition) is 4. The highest BCUT2D eigenvalue weighted by molar-refractivity contribution is 6.01. The van der Waals surface area contributed by atoms with Crippen molar-refractivity contribution in [2.45, 2.75) is 32.7 Å². The van der Waals surface area contributed by atoms with Crippen LogP contribution in [0.15, 0.2) is 18.2 Å². The van der Waals surface area contributed by atoms with Gasteiger partial charge in [-0.2, -0.15) is 5.10 Å². The van der Waals surface area contributed by atoms with E-state index in [1.165, 1.54) is 18.2 Å². The summed E-state index contributed by atoms with van der Waals surface area (Å²) >= 11 is 0. The number of aryl methyl sites for hydroxylation is 2. The zero-order valence-corrected chi connectivity index (χ0v) is 13.5. The van der Waals surface area contributed by atoms with Gasteiger partial charge in [-0.05, 0) is 37.6 Å². The van der Waals surface area contributed by atoms with E-state index >= 15 is 0 Å². The van der Waals surface area contributed by atoms with Crippen molar-refractivity contribution in [3.05, 3.63) is 41.2 Å². The van der Waals surface area contributed by atoms with Crippen LogP contribution < -0.4 is 10.6 Å². The van der Waals surface area contributed by atoms with E-state index in [4.69, 9.17) is 0 Å². The molecule has 1 aliphatic heterocycles. The fourth-order valence-electron chi connectivity index (χ4n) is 2.85. The lowest BCUT2D eigenvalue weighted by molar-refractivity contribution is -0.126. The van der Waals surface area contributed by atoms with Gasteiger partial charge in [0.15, 0.2) is 0 Å². The van der Waals surface area contributed by atoms with Gasteiger partial charge in [-0.15, -0.1) is 0 Å². The molecule has 2 N–H and O–H groups in total. The lowest BCUT2D eigenvalue weighted by Gasteiger charge is -2.24. The number of amides is 2. The quantitative estimate of drug-likeness (QED) is 0.883. The van der Waals surface area contributed by atoms with Crippen LogP contribution in [0.5, 0.6) is 0 Å². The molecule has 0 radical (unpaired) electrons. The number of fused-ring (bicyclic) bond motifs is 1. The van der Waals surface area contributed by atoms with Gasteiger partial charge >= 0.3 is 0 Å². The smallest absolute Gasteiger partial charge is 0.228 e. The Morgan fingerprint density at radius 3 is 2.96 bits per heavy atom. The second kappa shape index (κ2) is 6.38. The minimum Gasteiger partial charge on any atom is -0.354 e. The van der Waals surface area contributed by atoms with Crippen LogP contribution in [-0.2, 0) is 16.1 Å². The molecule has 1 unspecified atom stereocenters. The summed E-state index contributed by atoms with van der Waals surface area (Å²) in [6.07, 6.45) is 0.00372. The Bertz CT molecular complexity index is 802. The molecule has 0 aliphatic carbocycles. The maximum absolute atomic E-state index is 13.5. The summed E-state index contributed by atoms with van der Waals surface area (Å²) in [6, 6.07) is 4.03. The second-order valence-electron chi connectivity index (χ2n) is 5.76. The highest BCUT2D eigenvalue weighted by Gasteiger charge is 2.30. The molecule has 1 aliphatic rings. The lowest BCUT2D eigenvalue weighted by atomic mass is 9.89. The standard InChI is InChI=1S/C16H18FN5O2/c1-9-19-10(2)22(21-9)6-5-18-16(24)13-8-15(23)20-14-4-3-11(17)7-12(13)14/h3-4,7,13H,5-6,8H2,1-2H3,(H,18,24)(H,20,23).